The molecule has 0 fully saturated rings. The van der Waals surface area contributed by atoms with Gasteiger partial charge >= 0.3 is 0 Å². The Balaban J connectivity index is 2.29. The van der Waals surface area contributed by atoms with Crippen LogP contribution in [0.3, 0.4) is 0 Å². The van der Waals surface area contributed by atoms with Crippen LogP contribution in [0, 0.1) is 11.8 Å². The molecular formula is C9H10N2O2. The van der Waals surface area contributed by atoms with Gasteiger partial charge in [0.1, 0.15) is 6.26 Å². The molecule has 1 amide bonds. The van der Waals surface area contributed by atoms with Crippen LogP contribution in [0.5, 0.6) is 0 Å². The summed E-state index contributed by atoms with van der Waals surface area (Å²) in [5.41, 5.74) is 0.296. The molecule has 1 N–H and O–H groups in total. The van der Waals surface area contributed by atoms with Gasteiger partial charge in [-0.2, -0.15) is 0 Å². The Labute approximate surface area is 76.3 Å². The van der Waals surface area contributed by atoms with Gasteiger partial charge in [0.25, 0.3) is 5.91 Å². The van der Waals surface area contributed by atoms with E-state index in [1.807, 2.05) is 0 Å². The lowest BCUT2D eigenvalue weighted by Crippen LogP contribution is -2.24. The molecule has 1 rings (SSSR count). The standard InChI is InChI=1S/C9H10N2O2/c1-2-3-4-5-10-9(12)8-6-13-7-11-8/h6-7H,4-5H2,1H3,(H,10,12). The van der Waals surface area contributed by atoms with Gasteiger partial charge in [-0.15, -0.1) is 11.8 Å². The van der Waals surface area contributed by atoms with Gasteiger partial charge in [-0.05, 0) is 6.92 Å². The van der Waals surface area contributed by atoms with E-state index in [9.17, 15) is 4.79 Å². The summed E-state index contributed by atoms with van der Waals surface area (Å²) in [6.45, 7) is 2.30. The highest BCUT2D eigenvalue weighted by Gasteiger charge is 2.05. The molecule has 0 aromatic carbocycles. The lowest BCUT2D eigenvalue weighted by Gasteiger charge is -1.97. The molecule has 4 nitrogen and oxygen atoms in total. The highest BCUT2D eigenvalue weighted by atomic mass is 16.3. The molecule has 68 valence electrons. The third-order valence-corrected chi connectivity index (χ3v) is 1.38. The highest BCUT2D eigenvalue weighted by Crippen LogP contribution is 1.92. The molecule has 1 aromatic heterocycles. The van der Waals surface area contributed by atoms with Gasteiger partial charge in [-0.3, -0.25) is 4.79 Å². The smallest absolute Gasteiger partial charge is 0.273 e. The number of carbonyl (C=O) groups is 1. The van der Waals surface area contributed by atoms with Crippen LogP contribution >= 0.6 is 0 Å². The van der Waals surface area contributed by atoms with Crippen LogP contribution in [0.25, 0.3) is 0 Å². The Morgan fingerprint density at radius 1 is 1.77 bits per heavy atom. The summed E-state index contributed by atoms with van der Waals surface area (Å²) >= 11 is 0. The van der Waals surface area contributed by atoms with Crippen molar-refractivity contribution >= 4 is 5.91 Å². The fraction of sp³-hybridized carbons (Fsp3) is 0.333. The van der Waals surface area contributed by atoms with Gasteiger partial charge in [-0.25, -0.2) is 4.98 Å². The molecule has 0 aliphatic rings. The maximum absolute atomic E-state index is 11.2. The van der Waals surface area contributed by atoms with Crippen molar-refractivity contribution < 1.29 is 9.21 Å². The number of hydrogen-bond donors (Lipinski definition) is 1. The molecule has 0 aliphatic carbocycles. The van der Waals surface area contributed by atoms with E-state index in [0.717, 1.165) is 0 Å². The van der Waals surface area contributed by atoms with Crippen LogP contribution in [0.1, 0.15) is 23.8 Å². The average molecular weight is 178 g/mol. The minimum Gasteiger partial charge on any atom is -0.451 e. The predicted molar refractivity (Wildman–Crippen MR) is 46.9 cm³/mol. The molecule has 0 atom stereocenters. The van der Waals surface area contributed by atoms with Crippen molar-refractivity contribution in [1.29, 1.82) is 0 Å². The number of oxazole rings is 1. The van der Waals surface area contributed by atoms with E-state index in [0.29, 0.717) is 18.7 Å². The van der Waals surface area contributed by atoms with Crippen molar-refractivity contribution in [3.05, 3.63) is 18.4 Å². The number of amides is 1. The van der Waals surface area contributed by atoms with Gasteiger partial charge < -0.3 is 9.73 Å². The normalized spacial score (nSPS) is 8.69. The monoisotopic (exact) mass is 178 g/mol. The quantitative estimate of drug-likeness (QED) is 0.550. The van der Waals surface area contributed by atoms with E-state index < -0.39 is 0 Å². The number of nitrogens with zero attached hydrogens (tertiary/aromatic N) is 1. The first-order valence-corrected chi connectivity index (χ1v) is 3.90. The first-order valence-electron chi connectivity index (χ1n) is 3.90. The zero-order valence-corrected chi connectivity index (χ0v) is 7.33. The van der Waals surface area contributed by atoms with Crippen LogP contribution in [0.4, 0.5) is 0 Å². The summed E-state index contributed by atoms with van der Waals surface area (Å²) in [7, 11) is 0. The SMILES string of the molecule is CC#CCCNC(=O)c1cocn1. The molecular weight excluding hydrogens is 168 g/mol. The zero-order chi connectivity index (χ0) is 9.52. The van der Waals surface area contributed by atoms with Crippen LogP contribution in [-0.4, -0.2) is 17.4 Å². The number of carbonyl (C=O) groups excluding carboxylic acids is 1. The van der Waals surface area contributed by atoms with Gasteiger partial charge in [-0.1, -0.05) is 0 Å². The molecule has 0 saturated carbocycles. The largest absolute Gasteiger partial charge is 0.451 e. The minimum absolute atomic E-state index is 0.230. The van der Waals surface area contributed by atoms with E-state index in [1.54, 1.807) is 6.92 Å². The van der Waals surface area contributed by atoms with Crippen molar-refractivity contribution in [2.75, 3.05) is 6.54 Å². The second kappa shape index (κ2) is 4.99. The summed E-state index contributed by atoms with van der Waals surface area (Å²) < 4.78 is 4.66. The van der Waals surface area contributed by atoms with Crippen molar-refractivity contribution in [3.63, 3.8) is 0 Å². The van der Waals surface area contributed by atoms with Gasteiger partial charge in [0.05, 0.1) is 0 Å². The number of hydrogen-bond acceptors (Lipinski definition) is 3. The van der Waals surface area contributed by atoms with Crippen molar-refractivity contribution in [2.24, 2.45) is 0 Å². The van der Waals surface area contributed by atoms with Crippen LogP contribution in [-0.2, 0) is 0 Å². The summed E-state index contributed by atoms with van der Waals surface area (Å²) in [6.07, 6.45) is 3.18. The minimum atomic E-state index is -0.230. The molecule has 1 heterocycles. The predicted octanol–water partition coefficient (Wildman–Crippen LogP) is 0.818. The second-order valence-electron chi connectivity index (χ2n) is 2.31. The summed E-state index contributed by atoms with van der Waals surface area (Å²) in [5, 5.41) is 2.66. The van der Waals surface area contributed by atoms with E-state index in [1.165, 1.54) is 12.7 Å². The average Bonchev–Trinajstić information content (AvgIpc) is 2.65. The van der Waals surface area contributed by atoms with Crippen LogP contribution in [0.2, 0.25) is 0 Å². The Hall–Kier alpha value is -1.76. The van der Waals surface area contributed by atoms with Gasteiger partial charge in [0.2, 0.25) is 0 Å². The molecule has 0 aliphatic heterocycles. The Morgan fingerprint density at radius 3 is 3.23 bits per heavy atom. The lowest BCUT2D eigenvalue weighted by molar-refractivity contribution is 0.0949. The maximum atomic E-state index is 11.2. The highest BCUT2D eigenvalue weighted by molar-refractivity contribution is 5.91. The van der Waals surface area contributed by atoms with Crippen LogP contribution in [0.15, 0.2) is 17.1 Å². The Kier molecular flexibility index (Phi) is 3.58. The molecule has 13 heavy (non-hydrogen) atoms. The van der Waals surface area contributed by atoms with E-state index in [2.05, 4.69) is 26.6 Å². The number of aromatic nitrogens is 1. The fourth-order valence-corrected chi connectivity index (χ4v) is 0.779. The first kappa shape index (κ1) is 9.33. The molecule has 1 aromatic rings. The van der Waals surface area contributed by atoms with E-state index in [-0.39, 0.29) is 5.91 Å². The number of nitrogens with one attached hydrogen (secondary N) is 1. The van der Waals surface area contributed by atoms with E-state index in [4.69, 9.17) is 0 Å². The molecule has 0 radical (unpaired) electrons. The third-order valence-electron chi connectivity index (χ3n) is 1.38. The van der Waals surface area contributed by atoms with Gasteiger partial charge in [0.15, 0.2) is 12.1 Å². The van der Waals surface area contributed by atoms with E-state index >= 15 is 0 Å². The number of rotatable bonds is 3. The molecule has 0 unspecified atom stereocenters. The summed E-state index contributed by atoms with van der Waals surface area (Å²) in [4.78, 5) is 14.9. The molecule has 0 spiro atoms. The molecule has 0 bridgehead atoms. The lowest BCUT2D eigenvalue weighted by atomic mass is 10.4. The second-order valence-corrected chi connectivity index (χ2v) is 2.31. The Bertz CT molecular complexity index is 319. The van der Waals surface area contributed by atoms with Crippen molar-refractivity contribution in [2.45, 2.75) is 13.3 Å². The first-order chi connectivity index (χ1) is 6.34. The Morgan fingerprint density at radius 2 is 2.62 bits per heavy atom. The zero-order valence-electron chi connectivity index (χ0n) is 7.33. The molecule has 4 heteroatoms. The third kappa shape index (κ3) is 2.99. The summed E-state index contributed by atoms with van der Waals surface area (Å²) in [5.74, 6) is 5.35. The van der Waals surface area contributed by atoms with Gasteiger partial charge in [0, 0.05) is 13.0 Å². The maximum Gasteiger partial charge on any atom is 0.273 e. The topological polar surface area (TPSA) is 55.1 Å². The summed E-state index contributed by atoms with van der Waals surface area (Å²) in [6, 6.07) is 0. The van der Waals surface area contributed by atoms with Crippen molar-refractivity contribution in [1.82, 2.24) is 10.3 Å². The molecule has 0 saturated heterocycles. The fourth-order valence-electron chi connectivity index (χ4n) is 0.779. The van der Waals surface area contributed by atoms with Crippen LogP contribution < -0.4 is 5.32 Å². The van der Waals surface area contributed by atoms with Crippen molar-refractivity contribution in [3.8, 4) is 11.8 Å².